The molecule has 108 valence electrons. The molecular formula is C16H23N3S. The van der Waals surface area contributed by atoms with Crippen molar-refractivity contribution in [3.05, 3.63) is 40.6 Å². The second-order valence-corrected chi connectivity index (χ2v) is 7.02. The summed E-state index contributed by atoms with van der Waals surface area (Å²) in [6, 6.07) is 4.55. The minimum absolute atomic E-state index is 0.228. The van der Waals surface area contributed by atoms with Gasteiger partial charge in [-0.1, -0.05) is 19.4 Å². The average Bonchev–Trinajstić information content (AvgIpc) is 3.14. The highest BCUT2D eigenvalue weighted by molar-refractivity contribution is 7.10. The molecule has 0 aliphatic heterocycles. The van der Waals surface area contributed by atoms with Gasteiger partial charge in [0.1, 0.15) is 11.9 Å². The summed E-state index contributed by atoms with van der Waals surface area (Å²) in [7, 11) is 2.07. The van der Waals surface area contributed by atoms with Gasteiger partial charge < -0.3 is 9.88 Å². The molecule has 20 heavy (non-hydrogen) atoms. The highest BCUT2D eigenvalue weighted by Crippen LogP contribution is 2.31. The van der Waals surface area contributed by atoms with E-state index in [4.69, 9.17) is 0 Å². The van der Waals surface area contributed by atoms with Crippen LogP contribution in [0.2, 0.25) is 0 Å². The van der Waals surface area contributed by atoms with Crippen molar-refractivity contribution in [2.45, 2.75) is 32.2 Å². The first-order valence-corrected chi connectivity index (χ1v) is 8.36. The van der Waals surface area contributed by atoms with Crippen molar-refractivity contribution >= 4 is 11.3 Å². The molecule has 2 aromatic heterocycles. The zero-order valence-electron chi connectivity index (χ0n) is 12.2. The van der Waals surface area contributed by atoms with Gasteiger partial charge in [0.25, 0.3) is 0 Å². The Kier molecular flexibility index (Phi) is 4.22. The number of thiophene rings is 1. The van der Waals surface area contributed by atoms with E-state index < -0.39 is 0 Å². The maximum Gasteiger partial charge on any atom is 0.131 e. The lowest BCUT2D eigenvalue weighted by Crippen LogP contribution is -2.28. The number of hydrogen-bond acceptors (Lipinski definition) is 3. The zero-order valence-corrected chi connectivity index (χ0v) is 13.1. The second-order valence-electron chi connectivity index (χ2n) is 6.04. The van der Waals surface area contributed by atoms with E-state index >= 15 is 0 Å². The first-order chi connectivity index (χ1) is 9.74. The summed E-state index contributed by atoms with van der Waals surface area (Å²) in [6.07, 6.45) is 8.03. The zero-order chi connectivity index (χ0) is 13.9. The predicted molar refractivity (Wildman–Crippen MR) is 83.9 cm³/mol. The van der Waals surface area contributed by atoms with Crippen LogP contribution in [0, 0.1) is 11.8 Å². The van der Waals surface area contributed by atoms with Gasteiger partial charge in [-0.15, -0.1) is 11.3 Å². The van der Waals surface area contributed by atoms with E-state index in [1.165, 1.54) is 24.1 Å². The van der Waals surface area contributed by atoms with E-state index in [0.717, 1.165) is 24.2 Å². The van der Waals surface area contributed by atoms with Crippen molar-refractivity contribution in [3.8, 4) is 0 Å². The van der Waals surface area contributed by atoms with Crippen LogP contribution in [0.15, 0.2) is 29.9 Å². The fourth-order valence-electron chi connectivity index (χ4n) is 3.22. The number of nitrogens with zero attached hydrogens (tertiary/aromatic N) is 2. The summed E-state index contributed by atoms with van der Waals surface area (Å²) in [5.41, 5.74) is 0. The Bertz CT molecular complexity index is 532. The lowest BCUT2D eigenvalue weighted by atomic mass is 10.1. The third-order valence-corrected chi connectivity index (χ3v) is 5.30. The largest absolute Gasteiger partial charge is 0.336 e. The van der Waals surface area contributed by atoms with E-state index in [1.807, 2.05) is 12.4 Å². The Morgan fingerprint density at radius 3 is 3.00 bits per heavy atom. The first kappa shape index (κ1) is 13.8. The standard InChI is InChI=1S/C16H23N3S/c1-12-5-6-13(10-12)11-18-15(14-4-3-9-20-14)16-17-7-8-19(16)2/h3-4,7-9,12-13,15,18H,5-6,10-11H2,1-2H3. The molecule has 0 radical (unpaired) electrons. The van der Waals surface area contributed by atoms with E-state index in [0.29, 0.717) is 0 Å². The van der Waals surface area contributed by atoms with Gasteiger partial charge in [-0.05, 0) is 42.7 Å². The van der Waals surface area contributed by atoms with E-state index in [9.17, 15) is 0 Å². The first-order valence-electron chi connectivity index (χ1n) is 7.48. The second kappa shape index (κ2) is 6.10. The van der Waals surface area contributed by atoms with Crippen LogP contribution in [0.5, 0.6) is 0 Å². The van der Waals surface area contributed by atoms with Gasteiger partial charge >= 0.3 is 0 Å². The quantitative estimate of drug-likeness (QED) is 0.911. The predicted octanol–water partition coefficient (Wildman–Crippen LogP) is 3.60. The molecule has 3 atom stereocenters. The number of imidazole rings is 1. The average molecular weight is 289 g/mol. The van der Waals surface area contributed by atoms with Gasteiger partial charge in [-0.2, -0.15) is 0 Å². The molecule has 0 amide bonds. The Balaban J connectivity index is 1.72. The van der Waals surface area contributed by atoms with Crippen molar-refractivity contribution in [1.82, 2.24) is 14.9 Å². The number of nitrogens with one attached hydrogen (secondary N) is 1. The molecule has 1 fully saturated rings. The van der Waals surface area contributed by atoms with Crippen LogP contribution in [0.3, 0.4) is 0 Å². The SMILES string of the molecule is CC1CCC(CNC(c2cccs2)c2nccn2C)C1. The molecule has 3 rings (SSSR count). The number of aryl methyl sites for hydroxylation is 1. The Labute approximate surface area is 125 Å². The number of aromatic nitrogens is 2. The molecule has 1 saturated carbocycles. The summed E-state index contributed by atoms with van der Waals surface area (Å²) in [6.45, 7) is 3.47. The summed E-state index contributed by atoms with van der Waals surface area (Å²) < 4.78 is 2.12. The molecular weight excluding hydrogens is 266 g/mol. The number of rotatable bonds is 5. The Morgan fingerprint density at radius 2 is 2.40 bits per heavy atom. The van der Waals surface area contributed by atoms with Crippen LogP contribution in [-0.4, -0.2) is 16.1 Å². The molecule has 1 aliphatic rings. The Hall–Kier alpha value is -1.13. The topological polar surface area (TPSA) is 29.9 Å². The van der Waals surface area contributed by atoms with Crippen molar-refractivity contribution in [3.63, 3.8) is 0 Å². The molecule has 0 spiro atoms. The van der Waals surface area contributed by atoms with Crippen LogP contribution in [0.4, 0.5) is 0 Å². The van der Waals surface area contributed by atoms with E-state index in [-0.39, 0.29) is 6.04 Å². The maximum atomic E-state index is 4.54. The van der Waals surface area contributed by atoms with E-state index in [2.05, 4.69) is 46.4 Å². The Morgan fingerprint density at radius 1 is 1.50 bits per heavy atom. The normalized spacial score (nSPS) is 24.1. The molecule has 0 saturated heterocycles. The van der Waals surface area contributed by atoms with Crippen molar-refractivity contribution in [2.24, 2.45) is 18.9 Å². The van der Waals surface area contributed by atoms with Crippen LogP contribution in [0.1, 0.15) is 42.9 Å². The van der Waals surface area contributed by atoms with Gasteiger partial charge in [0.15, 0.2) is 0 Å². The highest BCUT2D eigenvalue weighted by atomic mass is 32.1. The van der Waals surface area contributed by atoms with Gasteiger partial charge in [-0.25, -0.2) is 4.98 Å². The minimum atomic E-state index is 0.228. The summed E-state index contributed by atoms with van der Waals surface area (Å²) in [4.78, 5) is 5.89. The molecule has 3 unspecified atom stereocenters. The van der Waals surface area contributed by atoms with Crippen molar-refractivity contribution in [2.75, 3.05) is 6.54 Å². The molecule has 2 aromatic rings. The van der Waals surface area contributed by atoms with Crippen LogP contribution >= 0.6 is 11.3 Å². The molecule has 1 N–H and O–H groups in total. The lowest BCUT2D eigenvalue weighted by molar-refractivity contribution is 0.441. The van der Waals surface area contributed by atoms with Gasteiger partial charge in [-0.3, -0.25) is 0 Å². The van der Waals surface area contributed by atoms with Crippen LogP contribution in [0.25, 0.3) is 0 Å². The van der Waals surface area contributed by atoms with Gasteiger partial charge in [0.2, 0.25) is 0 Å². The van der Waals surface area contributed by atoms with Crippen LogP contribution in [-0.2, 0) is 7.05 Å². The maximum absolute atomic E-state index is 4.54. The van der Waals surface area contributed by atoms with Crippen molar-refractivity contribution in [1.29, 1.82) is 0 Å². The van der Waals surface area contributed by atoms with Gasteiger partial charge in [0.05, 0.1) is 0 Å². The molecule has 2 heterocycles. The molecule has 0 bridgehead atoms. The molecule has 1 aliphatic carbocycles. The molecule has 4 heteroatoms. The fourth-order valence-corrected chi connectivity index (χ4v) is 4.02. The minimum Gasteiger partial charge on any atom is -0.336 e. The summed E-state index contributed by atoms with van der Waals surface area (Å²) >= 11 is 1.81. The van der Waals surface area contributed by atoms with Crippen LogP contribution < -0.4 is 5.32 Å². The molecule has 3 nitrogen and oxygen atoms in total. The van der Waals surface area contributed by atoms with E-state index in [1.54, 1.807) is 11.3 Å². The monoisotopic (exact) mass is 289 g/mol. The van der Waals surface area contributed by atoms with Gasteiger partial charge in [0, 0.05) is 24.3 Å². The third-order valence-electron chi connectivity index (χ3n) is 4.36. The molecule has 0 aromatic carbocycles. The fraction of sp³-hybridized carbons (Fsp3) is 0.562. The summed E-state index contributed by atoms with van der Waals surface area (Å²) in [5, 5.41) is 5.90. The van der Waals surface area contributed by atoms with Crippen molar-refractivity contribution < 1.29 is 0 Å². The number of hydrogen-bond donors (Lipinski definition) is 1. The highest BCUT2D eigenvalue weighted by Gasteiger charge is 2.24. The third kappa shape index (κ3) is 2.96. The smallest absolute Gasteiger partial charge is 0.131 e. The lowest BCUT2D eigenvalue weighted by Gasteiger charge is -2.20. The summed E-state index contributed by atoms with van der Waals surface area (Å²) in [5.74, 6) is 2.83.